The molecule has 0 aliphatic rings. The van der Waals surface area contributed by atoms with Crippen molar-refractivity contribution in [1.82, 2.24) is 14.8 Å². The maximum Gasteiger partial charge on any atom is 0.196 e. The summed E-state index contributed by atoms with van der Waals surface area (Å²) in [7, 11) is 0. The summed E-state index contributed by atoms with van der Waals surface area (Å²) in [5.74, 6) is 1.59. The van der Waals surface area contributed by atoms with Crippen molar-refractivity contribution < 1.29 is 0 Å². The molecule has 4 aromatic rings. The number of hydrogen-bond acceptors (Lipinski definition) is 3. The zero-order valence-electron chi connectivity index (χ0n) is 16.7. The molecule has 0 aliphatic carbocycles. The highest BCUT2D eigenvalue weighted by Crippen LogP contribution is 2.33. The minimum Gasteiger partial charge on any atom is -0.270 e. The van der Waals surface area contributed by atoms with Gasteiger partial charge in [0, 0.05) is 17.0 Å². The molecule has 0 amide bonds. The third-order valence-corrected chi connectivity index (χ3v) is 6.21. The Balaban J connectivity index is 1.77. The molecule has 3 nitrogen and oxygen atoms in total. The predicted octanol–water partition coefficient (Wildman–Crippen LogP) is 6.81. The molecule has 1 heterocycles. The molecule has 3 aromatic carbocycles. The summed E-state index contributed by atoms with van der Waals surface area (Å²) in [5, 5.41) is 10.5. The number of benzene rings is 3. The van der Waals surface area contributed by atoms with Gasteiger partial charge >= 0.3 is 0 Å². The van der Waals surface area contributed by atoms with Gasteiger partial charge in [-0.05, 0) is 56.2 Å². The average Bonchev–Trinajstić information content (AvgIpc) is 3.13. The van der Waals surface area contributed by atoms with Gasteiger partial charge in [0.05, 0.1) is 5.02 Å². The van der Waals surface area contributed by atoms with E-state index in [9.17, 15) is 0 Å². The van der Waals surface area contributed by atoms with Crippen molar-refractivity contribution in [2.45, 2.75) is 31.7 Å². The Kier molecular flexibility index (Phi) is 5.74. The van der Waals surface area contributed by atoms with Crippen LogP contribution in [0.3, 0.4) is 0 Å². The molecule has 0 atom stereocenters. The van der Waals surface area contributed by atoms with E-state index in [1.54, 1.807) is 11.8 Å². The monoisotopic (exact) mass is 419 g/mol. The number of rotatable bonds is 5. The average molecular weight is 420 g/mol. The van der Waals surface area contributed by atoms with E-state index in [2.05, 4.69) is 78.0 Å². The molecule has 0 N–H and O–H groups in total. The molecule has 4 rings (SSSR count). The topological polar surface area (TPSA) is 30.7 Å². The fourth-order valence-corrected chi connectivity index (χ4v) is 4.44. The Hall–Kier alpha value is -2.56. The minimum atomic E-state index is 0.666. The van der Waals surface area contributed by atoms with Gasteiger partial charge in [0.1, 0.15) is 0 Å². The van der Waals surface area contributed by atoms with E-state index in [1.807, 2.05) is 24.3 Å². The first-order valence-corrected chi connectivity index (χ1v) is 10.9. The summed E-state index contributed by atoms with van der Waals surface area (Å²) in [6.07, 6.45) is 0. The lowest BCUT2D eigenvalue weighted by atomic mass is 10.1. The lowest BCUT2D eigenvalue weighted by Gasteiger charge is -2.12. The van der Waals surface area contributed by atoms with Gasteiger partial charge < -0.3 is 0 Å². The van der Waals surface area contributed by atoms with Crippen LogP contribution >= 0.6 is 23.4 Å². The van der Waals surface area contributed by atoms with Gasteiger partial charge in [-0.25, -0.2) is 0 Å². The molecule has 0 aliphatic heterocycles. The molecule has 0 saturated heterocycles. The molecule has 0 radical (unpaired) electrons. The zero-order chi connectivity index (χ0) is 20.4. The van der Waals surface area contributed by atoms with Crippen molar-refractivity contribution in [2.24, 2.45) is 0 Å². The Morgan fingerprint density at radius 3 is 2.34 bits per heavy atom. The van der Waals surface area contributed by atoms with Crippen molar-refractivity contribution in [2.75, 3.05) is 0 Å². The minimum absolute atomic E-state index is 0.666. The molecule has 0 saturated carbocycles. The largest absolute Gasteiger partial charge is 0.270 e. The van der Waals surface area contributed by atoms with Crippen molar-refractivity contribution in [1.29, 1.82) is 0 Å². The first-order chi connectivity index (χ1) is 14.0. The second-order valence-electron chi connectivity index (χ2n) is 7.18. The van der Waals surface area contributed by atoms with E-state index in [0.717, 1.165) is 28.0 Å². The highest BCUT2D eigenvalue weighted by atomic mass is 35.5. The van der Waals surface area contributed by atoms with Gasteiger partial charge in [-0.2, -0.15) is 0 Å². The molecule has 0 spiro atoms. The quantitative estimate of drug-likeness (QED) is 0.333. The van der Waals surface area contributed by atoms with Crippen molar-refractivity contribution in [3.8, 4) is 17.1 Å². The van der Waals surface area contributed by atoms with Crippen molar-refractivity contribution >= 4 is 23.4 Å². The fourth-order valence-electron chi connectivity index (χ4n) is 3.21. The maximum atomic E-state index is 6.48. The number of nitrogens with zero attached hydrogens (tertiary/aromatic N) is 3. The lowest BCUT2D eigenvalue weighted by Crippen LogP contribution is -2.00. The molecule has 1 aromatic heterocycles. The fraction of sp³-hybridized carbons (Fsp3) is 0.167. The smallest absolute Gasteiger partial charge is 0.196 e. The molecule has 146 valence electrons. The molecule has 0 bridgehead atoms. The number of thioether (sulfide) groups is 1. The van der Waals surface area contributed by atoms with Crippen LogP contribution in [-0.4, -0.2) is 14.8 Å². The van der Waals surface area contributed by atoms with E-state index in [0.29, 0.717) is 5.02 Å². The first-order valence-electron chi connectivity index (χ1n) is 9.49. The molecule has 0 fully saturated rings. The second-order valence-corrected chi connectivity index (χ2v) is 8.53. The van der Waals surface area contributed by atoms with Gasteiger partial charge in [0.25, 0.3) is 0 Å². The summed E-state index contributed by atoms with van der Waals surface area (Å²) in [6.45, 7) is 6.36. The molecule has 29 heavy (non-hydrogen) atoms. The lowest BCUT2D eigenvalue weighted by molar-refractivity contribution is 0.885. The normalized spacial score (nSPS) is 11.0. The van der Waals surface area contributed by atoms with E-state index in [4.69, 9.17) is 11.6 Å². The maximum absolute atomic E-state index is 6.48. The van der Waals surface area contributed by atoms with Gasteiger partial charge in [0.2, 0.25) is 0 Å². The number of halogens is 1. The predicted molar refractivity (Wildman–Crippen MR) is 122 cm³/mol. The van der Waals surface area contributed by atoms with Crippen LogP contribution < -0.4 is 0 Å². The Labute approximate surface area is 180 Å². The van der Waals surface area contributed by atoms with Crippen LogP contribution in [0.5, 0.6) is 0 Å². The number of aryl methyl sites for hydroxylation is 3. The third kappa shape index (κ3) is 4.24. The Bertz CT molecular complexity index is 1150. The van der Waals surface area contributed by atoms with E-state index in [-0.39, 0.29) is 0 Å². The molecular formula is C24H22ClN3S. The first kappa shape index (κ1) is 19.7. The molecular weight excluding hydrogens is 398 g/mol. The van der Waals surface area contributed by atoms with Crippen molar-refractivity contribution in [3.63, 3.8) is 0 Å². The second kappa shape index (κ2) is 8.44. The summed E-state index contributed by atoms with van der Waals surface area (Å²) in [4.78, 5) is 0. The van der Waals surface area contributed by atoms with Gasteiger partial charge in [0.15, 0.2) is 11.0 Å². The van der Waals surface area contributed by atoms with Crippen molar-refractivity contribution in [3.05, 3.63) is 94.0 Å². The summed E-state index contributed by atoms with van der Waals surface area (Å²) < 4.78 is 2.09. The number of hydrogen-bond donors (Lipinski definition) is 0. The van der Waals surface area contributed by atoms with E-state index >= 15 is 0 Å². The van der Waals surface area contributed by atoms with Crippen LogP contribution in [0.25, 0.3) is 17.1 Å². The van der Waals surface area contributed by atoms with Crippen LogP contribution in [0.1, 0.15) is 22.3 Å². The van der Waals surface area contributed by atoms with Gasteiger partial charge in [-0.3, -0.25) is 4.57 Å². The standard InChI is InChI=1S/C24H22ClN3S/c1-16-9-12-20(13-10-16)28-23(21-6-4-5-7-22(21)25)26-27-24(28)29-15-19-14-17(2)8-11-18(19)3/h4-14H,15H2,1-3H3. The zero-order valence-corrected chi connectivity index (χ0v) is 18.3. The van der Waals surface area contributed by atoms with Crippen LogP contribution in [0.15, 0.2) is 71.9 Å². The highest BCUT2D eigenvalue weighted by molar-refractivity contribution is 7.98. The molecule has 0 unspecified atom stereocenters. The van der Waals surface area contributed by atoms with Gasteiger partial charge in [-0.15, -0.1) is 10.2 Å². The van der Waals surface area contributed by atoms with Crippen LogP contribution in [0.2, 0.25) is 5.02 Å². The van der Waals surface area contributed by atoms with Crippen LogP contribution in [0.4, 0.5) is 0 Å². The van der Waals surface area contributed by atoms with Crippen LogP contribution in [0, 0.1) is 20.8 Å². The summed E-state index contributed by atoms with van der Waals surface area (Å²) >= 11 is 8.17. The molecule has 5 heteroatoms. The summed E-state index contributed by atoms with van der Waals surface area (Å²) in [5.41, 5.74) is 6.98. The van der Waals surface area contributed by atoms with Gasteiger partial charge in [-0.1, -0.05) is 77.0 Å². The third-order valence-electron chi connectivity index (χ3n) is 4.90. The number of aromatic nitrogens is 3. The van der Waals surface area contributed by atoms with E-state index in [1.165, 1.54) is 22.3 Å². The highest BCUT2D eigenvalue weighted by Gasteiger charge is 2.18. The Morgan fingerprint density at radius 1 is 0.862 bits per heavy atom. The van der Waals surface area contributed by atoms with Crippen LogP contribution in [-0.2, 0) is 5.75 Å². The Morgan fingerprint density at radius 2 is 1.59 bits per heavy atom. The SMILES string of the molecule is Cc1ccc(-n2c(SCc3cc(C)ccc3C)nnc2-c2ccccc2Cl)cc1. The summed E-state index contributed by atoms with van der Waals surface area (Å²) in [6, 6.07) is 22.7. The van der Waals surface area contributed by atoms with E-state index < -0.39 is 0 Å².